The molecule has 1 unspecified atom stereocenters. The van der Waals surface area contributed by atoms with Gasteiger partial charge in [0.25, 0.3) is 0 Å². The molecule has 36 heavy (non-hydrogen) atoms. The molecule has 0 aliphatic carbocycles. The molecular weight excluding hydrogens is 477 g/mol. The predicted molar refractivity (Wildman–Crippen MR) is 143 cm³/mol. The molecule has 4 rings (SSSR count). The topological polar surface area (TPSA) is 65.9 Å². The molecule has 8 heteroatoms. The Hall–Kier alpha value is -3.15. The van der Waals surface area contributed by atoms with Crippen LogP contribution in [0.25, 0.3) is 10.9 Å². The number of nitrogens with zero attached hydrogens (tertiary/aromatic N) is 3. The third-order valence-electron chi connectivity index (χ3n) is 7.07. The SMILES string of the molecule is COc1ccc2ncc(N(C)C)c(C(F)CCC3(C(=O)O)CCN(CC#Cc4cccs4)CC3)c2c1. The first-order valence-corrected chi connectivity index (χ1v) is 13.0. The van der Waals surface area contributed by atoms with Crippen LogP contribution in [-0.4, -0.2) is 61.8 Å². The molecule has 1 fully saturated rings. The van der Waals surface area contributed by atoms with E-state index in [1.165, 1.54) is 0 Å². The van der Waals surface area contributed by atoms with E-state index in [0.29, 0.717) is 60.4 Å². The summed E-state index contributed by atoms with van der Waals surface area (Å²) in [6.07, 6.45) is 1.73. The Bertz CT molecular complexity index is 1260. The fourth-order valence-corrected chi connectivity index (χ4v) is 5.43. The van der Waals surface area contributed by atoms with Gasteiger partial charge >= 0.3 is 5.97 Å². The number of thiophene rings is 1. The maximum atomic E-state index is 16.0. The highest BCUT2D eigenvalue weighted by Crippen LogP contribution is 2.42. The van der Waals surface area contributed by atoms with Crippen molar-refractivity contribution in [2.24, 2.45) is 5.41 Å². The van der Waals surface area contributed by atoms with Gasteiger partial charge < -0.3 is 14.7 Å². The average Bonchev–Trinajstić information content (AvgIpc) is 3.40. The minimum absolute atomic E-state index is 0.127. The zero-order valence-corrected chi connectivity index (χ0v) is 21.8. The second kappa shape index (κ2) is 11.3. The number of likely N-dealkylation sites (tertiary alicyclic amines) is 1. The van der Waals surface area contributed by atoms with Gasteiger partial charge in [-0.15, -0.1) is 11.3 Å². The summed E-state index contributed by atoms with van der Waals surface area (Å²) >= 11 is 1.61. The number of piperidine rings is 1. The van der Waals surface area contributed by atoms with Gasteiger partial charge in [0.1, 0.15) is 11.9 Å². The Morgan fingerprint density at radius 3 is 2.75 bits per heavy atom. The van der Waals surface area contributed by atoms with Gasteiger partial charge in [0.2, 0.25) is 0 Å². The van der Waals surface area contributed by atoms with E-state index in [1.54, 1.807) is 36.8 Å². The number of aliphatic carboxylic acids is 1. The van der Waals surface area contributed by atoms with E-state index < -0.39 is 17.6 Å². The molecule has 3 heterocycles. The number of anilines is 1. The summed E-state index contributed by atoms with van der Waals surface area (Å²) in [5.41, 5.74) is 0.974. The van der Waals surface area contributed by atoms with Crippen LogP contribution in [0.3, 0.4) is 0 Å². The van der Waals surface area contributed by atoms with Crippen LogP contribution in [0.2, 0.25) is 0 Å². The van der Waals surface area contributed by atoms with Crippen LogP contribution < -0.4 is 9.64 Å². The zero-order valence-electron chi connectivity index (χ0n) is 21.0. The van der Waals surface area contributed by atoms with Gasteiger partial charge in [-0.1, -0.05) is 17.9 Å². The second-order valence-corrected chi connectivity index (χ2v) is 10.4. The molecule has 1 N–H and O–H groups in total. The van der Waals surface area contributed by atoms with Gasteiger partial charge in [0.15, 0.2) is 0 Å². The van der Waals surface area contributed by atoms with Crippen molar-refractivity contribution in [2.75, 3.05) is 45.7 Å². The summed E-state index contributed by atoms with van der Waals surface area (Å²) in [7, 11) is 5.29. The summed E-state index contributed by atoms with van der Waals surface area (Å²) in [5, 5.41) is 12.8. The van der Waals surface area contributed by atoms with Crippen LogP contribution in [0.4, 0.5) is 10.1 Å². The van der Waals surface area contributed by atoms with E-state index in [9.17, 15) is 9.90 Å². The van der Waals surface area contributed by atoms with Gasteiger partial charge in [-0.3, -0.25) is 14.7 Å². The Balaban J connectivity index is 1.48. The number of benzene rings is 1. The predicted octanol–water partition coefficient (Wildman–Crippen LogP) is 5.38. The van der Waals surface area contributed by atoms with Crippen LogP contribution >= 0.6 is 11.3 Å². The molecule has 0 bridgehead atoms. The second-order valence-electron chi connectivity index (χ2n) is 9.48. The smallest absolute Gasteiger partial charge is 0.309 e. The molecule has 1 aliphatic rings. The first-order valence-electron chi connectivity index (χ1n) is 12.1. The summed E-state index contributed by atoms with van der Waals surface area (Å²) in [6.45, 7) is 1.89. The Kier molecular flexibility index (Phi) is 8.12. The van der Waals surface area contributed by atoms with Crippen molar-refractivity contribution < 1.29 is 19.0 Å². The quantitative estimate of drug-likeness (QED) is 0.411. The van der Waals surface area contributed by atoms with Crippen molar-refractivity contribution in [3.8, 4) is 17.6 Å². The number of rotatable bonds is 8. The number of alkyl halides is 1. The molecule has 0 radical (unpaired) electrons. The lowest BCUT2D eigenvalue weighted by Crippen LogP contribution is -2.44. The number of hydrogen-bond donors (Lipinski definition) is 1. The molecule has 0 spiro atoms. The van der Waals surface area contributed by atoms with E-state index in [0.717, 1.165) is 4.88 Å². The number of methoxy groups -OCH3 is 1. The number of hydrogen-bond acceptors (Lipinski definition) is 6. The molecule has 1 saturated heterocycles. The number of fused-ring (bicyclic) bond motifs is 1. The van der Waals surface area contributed by atoms with Crippen molar-refractivity contribution in [1.29, 1.82) is 0 Å². The molecule has 1 atom stereocenters. The fourth-order valence-electron chi connectivity index (χ4n) is 4.84. The number of carbonyl (C=O) groups is 1. The normalized spacial score (nSPS) is 16.2. The number of halogens is 1. The average molecular weight is 510 g/mol. The first kappa shape index (κ1) is 25.9. The highest BCUT2D eigenvalue weighted by Gasteiger charge is 2.41. The monoisotopic (exact) mass is 509 g/mol. The molecule has 1 aliphatic heterocycles. The highest BCUT2D eigenvalue weighted by molar-refractivity contribution is 7.10. The number of carboxylic acids is 1. The summed E-state index contributed by atoms with van der Waals surface area (Å²) in [6, 6.07) is 9.39. The summed E-state index contributed by atoms with van der Waals surface area (Å²) in [4.78, 5) is 21.9. The van der Waals surface area contributed by atoms with Crippen LogP contribution in [0.5, 0.6) is 5.75 Å². The van der Waals surface area contributed by atoms with Crippen molar-refractivity contribution in [3.05, 3.63) is 52.3 Å². The summed E-state index contributed by atoms with van der Waals surface area (Å²) < 4.78 is 21.3. The minimum Gasteiger partial charge on any atom is -0.497 e. The Morgan fingerprint density at radius 1 is 1.33 bits per heavy atom. The van der Waals surface area contributed by atoms with Gasteiger partial charge in [-0.2, -0.15) is 0 Å². The van der Waals surface area contributed by atoms with E-state index in [2.05, 4.69) is 21.7 Å². The molecule has 2 aromatic heterocycles. The number of carboxylic acid groups (broad SMARTS) is 1. The molecule has 0 saturated carbocycles. The molecular formula is C28H32FN3O3S. The van der Waals surface area contributed by atoms with Gasteiger partial charge in [0.05, 0.1) is 41.3 Å². The standard InChI is InChI=1S/C28H32FN3O3S/c1-31(2)25-19-30-24-9-8-20(35-3)18-22(24)26(25)23(29)10-11-28(27(33)34)12-15-32(16-13-28)14-4-6-21-7-5-17-36-21/h5,7-9,17-19,23H,10-16H2,1-3H3,(H,33,34). The lowest BCUT2D eigenvalue weighted by molar-refractivity contribution is -0.152. The van der Waals surface area contributed by atoms with Gasteiger partial charge in [-0.05, 0) is 55.3 Å². The summed E-state index contributed by atoms with van der Waals surface area (Å²) in [5.74, 6) is 6.13. The minimum atomic E-state index is -1.33. The zero-order chi connectivity index (χ0) is 25.7. The highest BCUT2D eigenvalue weighted by atomic mass is 32.1. The van der Waals surface area contributed by atoms with Crippen molar-refractivity contribution in [1.82, 2.24) is 9.88 Å². The molecule has 190 valence electrons. The van der Waals surface area contributed by atoms with E-state index in [-0.39, 0.29) is 12.8 Å². The lowest BCUT2D eigenvalue weighted by atomic mass is 9.74. The van der Waals surface area contributed by atoms with Crippen LogP contribution in [0.15, 0.2) is 41.9 Å². The number of pyridine rings is 1. The van der Waals surface area contributed by atoms with Crippen LogP contribution in [0.1, 0.15) is 42.3 Å². The van der Waals surface area contributed by atoms with E-state index >= 15 is 4.39 Å². The van der Waals surface area contributed by atoms with E-state index in [1.807, 2.05) is 42.6 Å². The number of aromatic nitrogens is 1. The van der Waals surface area contributed by atoms with E-state index in [4.69, 9.17) is 4.74 Å². The maximum Gasteiger partial charge on any atom is 0.309 e. The molecule has 6 nitrogen and oxygen atoms in total. The molecule has 0 amide bonds. The van der Waals surface area contributed by atoms with Crippen molar-refractivity contribution in [3.63, 3.8) is 0 Å². The molecule has 3 aromatic rings. The first-order chi connectivity index (χ1) is 17.3. The lowest BCUT2D eigenvalue weighted by Gasteiger charge is -2.38. The van der Waals surface area contributed by atoms with Crippen LogP contribution in [0, 0.1) is 17.3 Å². The largest absolute Gasteiger partial charge is 0.497 e. The molecule has 1 aromatic carbocycles. The van der Waals surface area contributed by atoms with Crippen molar-refractivity contribution in [2.45, 2.75) is 31.9 Å². The Morgan fingerprint density at radius 2 is 2.11 bits per heavy atom. The van der Waals surface area contributed by atoms with Gasteiger partial charge in [0, 0.05) is 38.1 Å². The van der Waals surface area contributed by atoms with Gasteiger partial charge in [-0.25, -0.2) is 4.39 Å². The maximum absolute atomic E-state index is 16.0. The number of ether oxygens (including phenoxy) is 1. The third kappa shape index (κ3) is 5.63. The fraction of sp³-hybridized carbons (Fsp3) is 0.429. The van der Waals surface area contributed by atoms with Crippen LogP contribution in [-0.2, 0) is 4.79 Å². The Labute approximate surface area is 215 Å². The third-order valence-corrected chi connectivity index (χ3v) is 7.85. The van der Waals surface area contributed by atoms with Crippen molar-refractivity contribution >= 4 is 33.9 Å².